The lowest BCUT2D eigenvalue weighted by molar-refractivity contribution is -0.555. The molecule has 0 saturated carbocycles. The predicted octanol–water partition coefficient (Wildman–Crippen LogP) is 7.44. The molecule has 0 radical (unpaired) electrons. The van der Waals surface area contributed by atoms with Gasteiger partial charge in [-0.25, -0.2) is 14.4 Å². The number of benzene rings is 4. The molecule has 8 rings (SSSR count). The molecule has 4 aromatic carbocycles. The van der Waals surface area contributed by atoms with Crippen molar-refractivity contribution in [3.63, 3.8) is 0 Å². The number of hydrogen-bond donors (Lipinski definition) is 0. The van der Waals surface area contributed by atoms with Gasteiger partial charge in [0.15, 0.2) is 0 Å². The first-order chi connectivity index (χ1) is 19.8. The van der Waals surface area contributed by atoms with Crippen LogP contribution in [0.25, 0.3) is 61.5 Å². The van der Waals surface area contributed by atoms with Gasteiger partial charge in [0.25, 0.3) is 5.65 Å². The molecule has 0 amide bonds. The summed E-state index contributed by atoms with van der Waals surface area (Å²) in [4.78, 5) is 9.62. The summed E-state index contributed by atoms with van der Waals surface area (Å²) >= 11 is 0. The fourth-order valence-electron chi connectivity index (χ4n) is 5.68. The topological polar surface area (TPSA) is 39.0 Å². The quantitative estimate of drug-likeness (QED) is 0.229. The molecule has 0 saturated heterocycles. The summed E-state index contributed by atoms with van der Waals surface area (Å²) in [6.45, 7) is 0. The first-order valence-electron chi connectivity index (χ1n) is 13.3. The van der Waals surface area contributed by atoms with Crippen LogP contribution >= 0.6 is 0 Å². The highest BCUT2D eigenvalue weighted by Crippen LogP contribution is 2.32. The van der Waals surface area contributed by atoms with Crippen molar-refractivity contribution in [1.82, 2.24) is 18.9 Å². The van der Waals surface area contributed by atoms with Crippen LogP contribution in [0, 0.1) is 0 Å². The van der Waals surface area contributed by atoms with Crippen LogP contribution in [0.2, 0.25) is 0 Å². The van der Waals surface area contributed by atoms with E-state index in [1.165, 1.54) is 21.8 Å². The molecule has 0 aliphatic carbocycles. The van der Waals surface area contributed by atoms with Crippen molar-refractivity contribution in [2.75, 3.05) is 0 Å². The Morgan fingerprint density at radius 2 is 1.18 bits per heavy atom. The van der Waals surface area contributed by atoms with Gasteiger partial charge in [-0.1, -0.05) is 72.8 Å². The van der Waals surface area contributed by atoms with Gasteiger partial charge in [0.2, 0.25) is 11.5 Å². The Balaban J connectivity index is 1.17. The van der Waals surface area contributed by atoms with Crippen LogP contribution < -0.4 is 4.57 Å². The second kappa shape index (κ2) is 9.03. The van der Waals surface area contributed by atoms with Crippen molar-refractivity contribution < 1.29 is 4.57 Å². The molecule has 0 aliphatic rings. The number of hydrogen-bond acceptors (Lipinski definition) is 2. The maximum Gasteiger partial charge on any atom is 0.291 e. The Hall–Kier alpha value is -5.55. The SMILES string of the molecule is c1ccc(-[n+]2c(-c3ncc(-c4ccc(-n5c6ccccc6c6ccccc65)cc4)cn3)cn3ccccc32)cc1. The van der Waals surface area contributed by atoms with E-state index in [0.29, 0.717) is 5.82 Å². The van der Waals surface area contributed by atoms with Crippen LogP contribution in [0.5, 0.6) is 0 Å². The maximum atomic E-state index is 4.81. The Morgan fingerprint density at radius 3 is 1.88 bits per heavy atom. The predicted molar refractivity (Wildman–Crippen MR) is 160 cm³/mol. The summed E-state index contributed by atoms with van der Waals surface area (Å²) in [7, 11) is 0. The van der Waals surface area contributed by atoms with Gasteiger partial charge in [-0.15, -0.1) is 0 Å². The van der Waals surface area contributed by atoms with Gasteiger partial charge in [0.05, 0.1) is 17.2 Å². The zero-order chi connectivity index (χ0) is 26.5. The Kier molecular flexibility index (Phi) is 5.07. The van der Waals surface area contributed by atoms with E-state index in [-0.39, 0.29) is 0 Å². The van der Waals surface area contributed by atoms with E-state index in [9.17, 15) is 0 Å². The van der Waals surface area contributed by atoms with Crippen molar-refractivity contribution in [3.05, 3.63) is 146 Å². The van der Waals surface area contributed by atoms with Gasteiger partial charge in [0, 0.05) is 40.5 Å². The third-order valence-electron chi connectivity index (χ3n) is 7.53. The average Bonchev–Trinajstić information content (AvgIpc) is 3.58. The minimum absolute atomic E-state index is 0.679. The van der Waals surface area contributed by atoms with Gasteiger partial charge in [0.1, 0.15) is 11.9 Å². The van der Waals surface area contributed by atoms with Crippen molar-refractivity contribution in [2.45, 2.75) is 0 Å². The smallest absolute Gasteiger partial charge is 0.291 e. The molecule has 5 nitrogen and oxygen atoms in total. The van der Waals surface area contributed by atoms with Crippen molar-refractivity contribution >= 4 is 27.5 Å². The molecule has 0 N–H and O–H groups in total. The first-order valence-corrected chi connectivity index (χ1v) is 13.3. The van der Waals surface area contributed by atoms with E-state index in [0.717, 1.165) is 33.8 Å². The summed E-state index contributed by atoms with van der Waals surface area (Å²) in [5.41, 5.74) is 8.65. The lowest BCUT2D eigenvalue weighted by Gasteiger charge is -2.09. The van der Waals surface area contributed by atoms with Crippen molar-refractivity contribution in [3.8, 4) is 34.0 Å². The third-order valence-corrected chi connectivity index (χ3v) is 7.53. The fraction of sp³-hybridized carbons (Fsp3) is 0. The highest BCUT2D eigenvalue weighted by molar-refractivity contribution is 6.09. The second-order valence-corrected chi connectivity index (χ2v) is 9.86. The van der Waals surface area contributed by atoms with Gasteiger partial charge in [-0.05, 0) is 48.0 Å². The molecule has 8 aromatic rings. The van der Waals surface area contributed by atoms with Gasteiger partial charge < -0.3 is 4.57 Å². The second-order valence-electron chi connectivity index (χ2n) is 9.86. The molecule has 4 heterocycles. The fourth-order valence-corrected chi connectivity index (χ4v) is 5.68. The average molecular weight is 515 g/mol. The van der Waals surface area contributed by atoms with Crippen LogP contribution in [0.15, 0.2) is 146 Å². The molecule has 40 heavy (non-hydrogen) atoms. The highest BCUT2D eigenvalue weighted by Gasteiger charge is 2.22. The van der Waals surface area contributed by atoms with E-state index in [1.807, 2.05) is 48.9 Å². The summed E-state index contributed by atoms with van der Waals surface area (Å²) < 4.78 is 6.62. The van der Waals surface area contributed by atoms with Crippen molar-refractivity contribution in [2.24, 2.45) is 0 Å². The molecular formula is C35H24N5+. The summed E-state index contributed by atoms with van der Waals surface area (Å²) in [5, 5.41) is 2.52. The number of rotatable bonds is 4. The standard InChI is InChI=1S/C35H24N5/c1-2-10-27(11-3-1)40-33(24-38-21-9-8-16-34(38)40)35-36-22-26(23-37-35)25-17-19-28(20-18-25)39-31-14-6-4-12-29(31)30-13-5-7-15-32(30)39/h1-24H/q+1. The summed E-state index contributed by atoms with van der Waals surface area (Å²) in [6.07, 6.45) is 7.95. The van der Waals surface area contributed by atoms with Gasteiger partial charge in [-0.3, -0.25) is 0 Å². The summed E-state index contributed by atoms with van der Waals surface area (Å²) in [5.74, 6) is 0.679. The van der Waals surface area contributed by atoms with Gasteiger partial charge in [-0.2, -0.15) is 4.57 Å². The highest BCUT2D eigenvalue weighted by atomic mass is 15.1. The minimum atomic E-state index is 0.679. The number of aromatic nitrogens is 5. The zero-order valence-corrected chi connectivity index (χ0v) is 21.6. The number of pyridine rings is 1. The van der Waals surface area contributed by atoms with Crippen LogP contribution in [-0.2, 0) is 0 Å². The molecule has 0 atom stereocenters. The number of imidazole rings is 1. The zero-order valence-electron chi connectivity index (χ0n) is 21.6. The number of para-hydroxylation sites is 3. The van der Waals surface area contributed by atoms with Gasteiger partial charge >= 0.3 is 0 Å². The molecule has 188 valence electrons. The van der Waals surface area contributed by atoms with E-state index >= 15 is 0 Å². The molecule has 0 spiro atoms. The van der Waals surface area contributed by atoms with Crippen molar-refractivity contribution in [1.29, 1.82) is 0 Å². The Bertz CT molecular complexity index is 2080. The molecule has 4 aromatic heterocycles. The van der Waals surface area contributed by atoms with Crippen LogP contribution in [0.1, 0.15) is 0 Å². The Morgan fingerprint density at radius 1 is 0.550 bits per heavy atom. The van der Waals surface area contributed by atoms with E-state index < -0.39 is 0 Å². The van der Waals surface area contributed by atoms with Crippen LogP contribution in [0.3, 0.4) is 0 Å². The summed E-state index contributed by atoms with van der Waals surface area (Å²) in [6, 6.07) is 42.3. The largest absolute Gasteiger partial charge is 0.309 e. The normalized spacial score (nSPS) is 11.5. The first kappa shape index (κ1) is 22.4. The molecule has 0 unspecified atom stereocenters. The number of nitrogens with zero attached hydrogens (tertiary/aromatic N) is 5. The van der Waals surface area contributed by atoms with Crippen LogP contribution in [0.4, 0.5) is 0 Å². The lowest BCUT2D eigenvalue weighted by atomic mass is 10.1. The van der Waals surface area contributed by atoms with E-state index in [2.05, 4.69) is 111 Å². The van der Waals surface area contributed by atoms with E-state index in [4.69, 9.17) is 9.97 Å². The molecule has 0 bridgehead atoms. The molecule has 0 aliphatic heterocycles. The Labute approximate surface area is 230 Å². The van der Waals surface area contributed by atoms with E-state index in [1.54, 1.807) is 0 Å². The molecular weight excluding hydrogens is 490 g/mol. The number of fused-ring (bicyclic) bond motifs is 4. The molecule has 5 heteroatoms. The molecule has 0 fully saturated rings. The minimum Gasteiger partial charge on any atom is -0.309 e. The lowest BCUT2D eigenvalue weighted by Crippen LogP contribution is -2.32. The third kappa shape index (κ3) is 3.52. The van der Waals surface area contributed by atoms with Crippen LogP contribution in [-0.4, -0.2) is 18.9 Å². The monoisotopic (exact) mass is 514 g/mol. The maximum absolute atomic E-state index is 4.81.